The van der Waals surface area contributed by atoms with Crippen molar-refractivity contribution in [1.29, 1.82) is 0 Å². The van der Waals surface area contributed by atoms with E-state index in [1.165, 1.54) is 0 Å². The van der Waals surface area contributed by atoms with Gasteiger partial charge in [0.25, 0.3) is 0 Å². The first kappa shape index (κ1) is 15.0. The molecule has 1 fully saturated rings. The second-order valence-corrected chi connectivity index (χ2v) is 6.18. The zero-order valence-corrected chi connectivity index (χ0v) is 13.1. The molecule has 2 rings (SSSR count). The van der Waals surface area contributed by atoms with Gasteiger partial charge in [-0.3, -0.25) is 4.68 Å². The van der Waals surface area contributed by atoms with Gasteiger partial charge >= 0.3 is 0 Å². The monoisotopic (exact) mass is 331 g/mol. The number of aliphatic hydroxyl groups is 1. The Morgan fingerprint density at radius 2 is 2.42 bits per heavy atom. The van der Waals surface area contributed by atoms with Crippen LogP contribution in [0.25, 0.3) is 0 Å². The molecule has 1 N–H and O–H groups in total. The van der Waals surface area contributed by atoms with Crippen molar-refractivity contribution >= 4 is 15.9 Å². The third-order valence-electron chi connectivity index (χ3n) is 3.51. The normalized spacial score (nSPS) is 21.8. The van der Waals surface area contributed by atoms with Gasteiger partial charge in [-0.05, 0) is 42.9 Å². The maximum Gasteiger partial charge on any atom is 0.102 e. The van der Waals surface area contributed by atoms with Crippen molar-refractivity contribution in [1.82, 2.24) is 14.7 Å². The summed E-state index contributed by atoms with van der Waals surface area (Å²) in [5.74, 6) is 0.167. The predicted molar refractivity (Wildman–Crippen MR) is 77.0 cm³/mol. The summed E-state index contributed by atoms with van der Waals surface area (Å²) in [7, 11) is 4.06. The van der Waals surface area contributed by atoms with Crippen LogP contribution in [0, 0.1) is 5.92 Å². The summed E-state index contributed by atoms with van der Waals surface area (Å²) >= 11 is 3.49. The molecule has 1 aliphatic rings. The minimum atomic E-state index is -0.515. The Morgan fingerprint density at radius 3 is 3.05 bits per heavy atom. The fraction of sp³-hybridized carbons (Fsp3) is 0.769. The van der Waals surface area contributed by atoms with Crippen LogP contribution in [-0.2, 0) is 11.3 Å². The van der Waals surface area contributed by atoms with Crippen LogP contribution in [0.2, 0.25) is 0 Å². The zero-order chi connectivity index (χ0) is 13.8. The van der Waals surface area contributed by atoms with E-state index in [9.17, 15) is 5.11 Å². The molecule has 0 saturated carbocycles. The lowest BCUT2D eigenvalue weighted by Crippen LogP contribution is -2.27. The molecule has 0 bridgehead atoms. The van der Waals surface area contributed by atoms with Crippen molar-refractivity contribution < 1.29 is 9.84 Å². The zero-order valence-electron chi connectivity index (χ0n) is 11.5. The maximum absolute atomic E-state index is 10.6. The lowest BCUT2D eigenvalue weighted by Gasteiger charge is -2.27. The average molecular weight is 332 g/mol. The molecule has 2 atom stereocenters. The summed E-state index contributed by atoms with van der Waals surface area (Å²) in [5.41, 5.74) is 0.873. The van der Waals surface area contributed by atoms with Gasteiger partial charge in [0.15, 0.2) is 0 Å². The lowest BCUT2D eigenvalue weighted by atomic mass is 9.94. The molecule has 0 radical (unpaired) electrons. The first-order chi connectivity index (χ1) is 9.09. The van der Waals surface area contributed by atoms with E-state index in [0.29, 0.717) is 6.61 Å². The van der Waals surface area contributed by atoms with Gasteiger partial charge in [0.05, 0.1) is 29.5 Å². The molecule has 2 unspecified atom stereocenters. The number of halogens is 1. The van der Waals surface area contributed by atoms with Gasteiger partial charge in [0, 0.05) is 19.1 Å². The fourth-order valence-corrected chi connectivity index (χ4v) is 2.91. The van der Waals surface area contributed by atoms with E-state index in [-0.39, 0.29) is 5.92 Å². The number of rotatable bonds is 5. The van der Waals surface area contributed by atoms with E-state index in [0.717, 1.165) is 42.7 Å². The van der Waals surface area contributed by atoms with E-state index >= 15 is 0 Å². The molecule has 0 aliphatic carbocycles. The topological polar surface area (TPSA) is 50.5 Å². The highest BCUT2D eigenvalue weighted by atomic mass is 79.9. The Labute approximate surface area is 122 Å². The standard InChI is InChI=1S/C13H22BrN3O2/c1-16(2)5-6-17-12(11(14)8-15-17)13(18)10-4-3-7-19-9-10/h8,10,13,18H,3-7,9H2,1-2H3. The molecule has 19 heavy (non-hydrogen) atoms. The lowest BCUT2D eigenvalue weighted by molar-refractivity contribution is -0.0136. The number of likely N-dealkylation sites (N-methyl/N-ethyl adjacent to an activating group) is 1. The highest BCUT2D eigenvalue weighted by Gasteiger charge is 2.28. The Bertz CT molecular complexity index is 403. The van der Waals surface area contributed by atoms with Gasteiger partial charge in [0.1, 0.15) is 6.10 Å². The summed E-state index contributed by atoms with van der Waals surface area (Å²) in [6.45, 7) is 3.12. The molecule has 2 heterocycles. The highest BCUT2D eigenvalue weighted by molar-refractivity contribution is 9.10. The molecule has 1 aliphatic heterocycles. The number of nitrogens with zero attached hydrogens (tertiary/aromatic N) is 3. The molecule has 108 valence electrons. The number of aromatic nitrogens is 2. The van der Waals surface area contributed by atoms with Crippen LogP contribution in [-0.4, -0.2) is 53.6 Å². The van der Waals surface area contributed by atoms with Crippen molar-refractivity contribution in [3.63, 3.8) is 0 Å². The van der Waals surface area contributed by atoms with Crippen LogP contribution in [0.15, 0.2) is 10.7 Å². The van der Waals surface area contributed by atoms with Crippen LogP contribution in [0.4, 0.5) is 0 Å². The van der Waals surface area contributed by atoms with Gasteiger partial charge < -0.3 is 14.7 Å². The Morgan fingerprint density at radius 1 is 1.63 bits per heavy atom. The van der Waals surface area contributed by atoms with Crippen LogP contribution in [0.1, 0.15) is 24.6 Å². The van der Waals surface area contributed by atoms with Crippen molar-refractivity contribution in [2.75, 3.05) is 33.9 Å². The number of aliphatic hydroxyl groups excluding tert-OH is 1. The van der Waals surface area contributed by atoms with Crippen LogP contribution >= 0.6 is 15.9 Å². The van der Waals surface area contributed by atoms with Crippen molar-refractivity contribution in [3.8, 4) is 0 Å². The third kappa shape index (κ3) is 3.78. The average Bonchev–Trinajstić information content (AvgIpc) is 2.78. The molecule has 0 amide bonds. The van der Waals surface area contributed by atoms with Gasteiger partial charge in [-0.1, -0.05) is 0 Å². The fourth-order valence-electron chi connectivity index (χ4n) is 2.38. The molecular formula is C13H22BrN3O2. The quantitative estimate of drug-likeness (QED) is 0.891. The minimum Gasteiger partial charge on any atom is -0.386 e. The maximum atomic E-state index is 10.6. The summed E-state index contributed by atoms with van der Waals surface area (Å²) in [6.07, 6.45) is 3.27. The van der Waals surface area contributed by atoms with Crippen molar-refractivity contribution in [2.45, 2.75) is 25.5 Å². The van der Waals surface area contributed by atoms with Crippen molar-refractivity contribution in [3.05, 3.63) is 16.4 Å². The van der Waals surface area contributed by atoms with Crippen LogP contribution in [0.5, 0.6) is 0 Å². The SMILES string of the molecule is CN(C)CCn1ncc(Br)c1C(O)C1CCCOC1. The smallest absolute Gasteiger partial charge is 0.102 e. The minimum absolute atomic E-state index is 0.167. The number of hydrogen-bond acceptors (Lipinski definition) is 4. The second kappa shape index (κ2) is 6.83. The van der Waals surface area contributed by atoms with E-state index in [1.54, 1.807) is 6.20 Å². The largest absolute Gasteiger partial charge is 0.386 e. The molecule has 5 nitrogen and oxygen atoms in total. The molecule has 1 aromatic heterocycles. The number of hydrogen-bond donors (Lipinski definition) is 1. The Balaban J connectivity index is 2.10. The van der Waals surface area contributed by atoms with Gasteiger partial charge in [-0.2, -0.15) is 5.10 Å². The molecule has 0 aromatic carbocycles. The van der Waals surface area contributed by atoms with Gasteiger partial charge in [-0.25, -0.2) is 0 Å². The number of ether oxygens (including phenoxy) is 1. The first-order valence-electron chi connectivity index (χ1n) is 6.71. The molecular weight excluding hydrogens is 310 g/mol. The van der Waals surface area contributed by atoms with Crippen molar-refractivity contribution in [2.24, 2.45) is 5.92 Å². The third-order valence-corrected chi connectivity index (χ3v) is 4.13. The second-order valence-electron chi connectivity index (χ2n) is 5.33. The van der Waals surface area contributed by atoms with Gasteiger partial charge in [-0.15, -0.1) is 0 Å². The molecule has 6 heteroatoms. The van der Waals surface area contributed by atoms with E-state index in [2.05, 4.69) is 25.9 Å². The van der Waals surface area contributed by atoms with E-state index in [1.807, 2.05) is 18.8 Å². The van der Waals surface area contributed by atoms with Crippen LogP contribution < -0.4 is 0 Å². The molecule has 0 spiro atoms. The Kier molecular flexibility index (Phi) is 5.38. The first-order valence-corrected chi connectivity index (χ1v) is 7.50. The van der Waals surface area contributed by atoms with E-state index in [4.69, 9.17) is 4.74 Å². The van der Waals surface area contributed by atoms with Crippen LogP contribution in [0.3, 0.4) is 0 Å². The highest BCUT2D eigenvalue weighted by Crippen LogP contribution is 2.32. The molecule has 1 aromatic rings. The predicted octanol–water partition coefficient (Wildman–Crippen LogP) is 1.67. The van der Waals surface area contributed by atoms with E-state index < -0.39 is 6.10 Å². The summed E-state index contributed by atoms with van der Waals surface area (Å²) in [6, 6.07) is 0. The van der Waals surface area contributed by atoms with Gasteiger partial charge in [0.2, 0.25) is 0 Å². The Hall–Kier alpha value is -0.430. The molecule has 1 saturated heterocycles. The summed E-state index contributed by atoms with van der Waals surface area (Å²) in [4.78, 5) is 2.11. The summed E-state index contributed by atoms with van der Waals surface area (Å²) < 4.78 is 8.24. The summed E-state index contributed by atoms with van der Waals surface area (Å²) in [5, 5.41) is 14.9.